The lowest BCUT2D eigenvalue weighted by Gasteiger charge is -2.21. The molecule has 0 heterocycles. The lowest BCUT2D eigenvalue weighted by molar-refractivity contribution is -0.141. The van der Waals surface area contributed by atoms with Crippen molar-refractivity contribution in [1.82, 2.24) is 0 Å². The summed E-state index contributed by atoms with van der Waals surface area (Å²) in [5.74, 6) is -0.166. The van der Waals surface area contributed by atoms with Crippen LogP contribution < -0.4 is 0 Å². The van der Waals surface area contributed by atoms with Crippen LogP contribution >= 0.6 is 0 Å². The molecule has 0 aromatic heterocycles. The highest BCUT2D eigenvalue weighted by molar-refractivity contribution is 6.00. The van der Waals surface area contributed by atoms with Crippen LogP contribution in [-0.2, 0) is 33.4 Å². The molecule has 314 valence electrons. The molecule has 10 nitrogen and oxygen atoms in total. The van der Waals surface area contributed by atoms with Gasteiger partial charge in [0.1, 0.15) is 0 Å². The Hall–Kier alpha value is -2.92. The summed E-state index contributed by atoms with van der Waals surface area (Å²) < 4.78 is 14.8. The van der Waals surface area contributed by atoms with Crippen LogP contribution in [0.3, 0.4) is 0 Å². The first-order valence-electron chi connectivity index (χ1n) is 20.8. The molecular weight excluding hydrogens is 700 g/mol. The predicted molar refractivity (Wildman–Crippen MR) is 217 cm³/mol. The van der Waals surface area contributed by atoms with Gasteiger partial charge < -0.3 is 29.5 Å². The first-order valence-corrected chi connectivity index (χ1v) is 20.8. The molecule has 3 N–H and O–H groups in total. The molecule has 55 heavy (non-hydrogen) atoms. The fourth-order valence-electron chi connectivity index (χ4n) is 6.98. The third-order valence-corrected chi connectivity index (χ3v) is 10.5. The summed E-state index contributed by atoms with van der Waals surface area (Å²) in [7, 11) is 4.44. The Morgan fingerprint density at radius 2 is 1.07 bits per heavy atom. The highest BCUT2D eigenvalue weighted by Crippen LogP contribution is 2.32. The Labute approximate surface area is 331 Å². The smallest absolute Gasteiger partial charge is 0.305 e. The van der Waals surface area contributed by atoms with Gasteiger partial charge in [0, 0.05) is 43.9 Å². The molecule has 2 aliphatic carbocycles. The number of rotatable bonds is 27. The van der Waals surface area contributed by atoms with Crippen molar-refractivity contribution in [2.24, 2.45) is 0 Å². The summed E-state index contributed by atoms with van der Waals surface area (Å²) in [5.41, 5.74) is 1.80. The number of carbonyl (C=O) groups is 4. The average molecular weight is 775 g/mol. The number of unbranched alkanes of at least 4 members (excludes halogenated alkanes) is 8. The topological polar surface area (TPSA) is 157 Å². The lowest BCUT2D eigenvalue weighted by atomic mass is 9.94. The number of carbonyl (C=O) groups excluding carboxylic acids is 4. The molecule has 0 fully saturated rings. The Morgan fingerprint density at radius 1 is 0.655 bits per heavy atom. The minimum atomic E-state index is -0.750. The van der Waals surface area contributed by atoms with Crippen molar-refractivity contribution < 1.29 is 48.7 Å². The molecule has 4 atom stereocenters. The standard InChI is InChI=1S/C23H38O5.C22H36O5/c1-5-6-15-23(2,26)16-11-13-19-18(20(24)17-21(19)27-3)12-9-7-8-10-14-22(25)28-4;1-4-5-14-22(2,26)15-10-12-18-17(19(23)16-20(18)24)11-8-6-7-9-13-21(25)27-3/h11,13,21,26H,5-10,12,14-17H2,1-4H3;10,12,20,24,26H,4-9,11,13-16H2,1-3H3/b13-11+;12-10+. The normalized spacial score (nSPS) is 19.6. The third kappa shape index (κ3) is 20.7. The van der Waals surface area contributed by atoms with E-state index >= 15 is 0 Å². The van der Waals surface area contributed by atoms with Crippen LogP contribution in [0.4, 0.5) is 0 Å². The van der Waals surface area contributed by atoms with Crippen molar-refractivity contribution in [3.63, 3.8) is 0 Å². The van der Waals surface area contributed by atoms with Crippen molar-refractivity contribution in [3.05, 3.63) is 46.6 Å². The van der Waals surface area contributed by atoms with E-state index in [9.17, 15) is 34.5 Å². The maximum absolute atomic E-state index is 12.4. The number of methoxy groups -OCH3 is 3. The van der Waals surface area contributed by atoms with Gasteiger partial charge in [0.25, 0.3) is 0 Å². The highest BCUT2D eigenvalue weighted by Gasteiger charge is 2.31. The minimum Gasteiger partial charge on any atom is -0.469 e. The van der Waals surface area contributed by atoms with E-state index in [0.29, 0.717) is 44.1 Å². The Kier molecular flexibility index (Phi) is 25.2. The molecule has 2 rings (SSSR count). The van der Waals surface area contributed by atoms with Gasteiger partial charge in [-0.3, -0.25) is 19.2 Å². The van der Waals surface area contributed by atoms with E-state index in [1.807, 2.05) is 38.2 Å². The molecule has 0 amide bonds. The number of aliphatic hydroxyl groups is 3. The van der Waals surface area contributed by atoms with Gasteiger partial charge in [-0.1, -0.05) is 89.5 Å². The number of ether oxygens (including phenoxy) is 3. The van der Waals surface area contributed by atoms with Crippen LogP contribution in [0.25, 0.3) is 0 Å². The largest absolute Gasteiger partial charge is 0.469 e. The van der Waals surface area contributed by atoms with Crippen molar-refractivity contribution in [2.75, 3.05) is 21.3 Å². The maximum Gasteiger partial charge on any atom is 0.305 e. The van der Waals surface area contributed by atoms with Crippen molar-refractivity contribution in [2.45, 2.75) is 192 Å². The van der Waals surface area contributed by atoms with Gasteiger partial charge in [-0.25, -0.2) is 0 Å². The van der Waals surface area contributed by atoms with Crippen molar-refractivity contribution in [3.8, 4) is 0 Å². The summed E-state index contributed by atoms with van der Waals surface area (Å²) >= 11 is 0. The second kappa shape index (κ2) is 27.6. The SMILES string of the molecule is CCCCC(C)(O)C/C=C/C1=C(CCCCCCC(=O)OC)C(=O)CC1O.CCCCC(C)(O)C/C=C/C1=C(CCCCCCC(=O)OC)C(=O)CC1OC. The number of ketones is 2. The van der Waals surface area contributed by atoms with E-state index < -0.39 is 17.3 Å². The van der Waals surface area contributed by atoms with Gasteiger partial charge in [-0.15, -0.1) is 0 Å². The minimum absolute atomic E-state index is 0.0226. The number of hydrogen-bond donors (Lipinski definition) is 3. The van der Waals surface area contributed by atoms with E-state index in [1.54, 1.807) is 7.11 Å². The first-order chi connectivity index (χ1) is 26.1. The molecule has 0 aromatic rings. The Balaban J connectivity index is 0.000000550. The third-order valence-electron chi connectivity index (χ3n) is 10.5. The number of aliphatic hydroxyl groups excluding tert-OH is 1. The monoisotopic (exact) mass is 775 g/mol. The predicted octanol–water partition coefficient (Wildman–Crippen LogP) is 8.69. The van der Waals surface area contributed by atoms with E-state index in [4.69, 9.17) is 4.74 Å². The van der Waals surface area contributed by atoms with Gasteiger partial charge in [0.15, 0.2) is 11.6 Å². The van der Waals surface area contributed by atoms with Gasteiger partial charge in [0.05, 0.1) is 37.6 Å². The maximum atomic E-state index is 12.4. The van der Waals surface area contributed by atoms with Gasteiger partial charge in [0.2, 0.25) is 0 Å². The summed E-state index contributed by atoms with van der Waals surface area (Å²) in [6, 6.07) is 0. The molecule has 0 saturated carbocycles. The van der Waals surface area contributed by atoms with Crippen molar-refractivity contribution in [1.29, 1.82) is 0 Å². The fourth-order valence-corrected chi connectivity index (χ4v) is 6.98. The van der Waals surface area contributed by atoms with Crippen LogP contribution in [-0.4, -0.2) is 83.6 Å². The fraction of sp³-hybridized carbons (Fsp3) is 0.733. The highest BCUT2D eigenvalue weighted by atomic mass is 16.5. The zero-order chi connectivity index (χ0) is 41.3. The van der Waals surface area contributed by atoms with Crippen LogP contribution in [0.5, 0.6) is 0 Å². The summed E-state index contributed by atoms with van der Waals surface area (Å²) in [4.78, 5) is 46.8. The molecule has 0 aromatic carbocycles. The Morgan fingerprint density at radius 3 is 1.51 bits per heavy atom. The quantitative estimate of drug-likeness (QED) is 0.0545. The van der Waals surface area contributed by atoms with Gasteiger partial charge >= 0.3 is 11.9 Å². The molecular formula is C45H74O10. The zero-order valence-corrected chi connectivity index (χ0v) is 35.2. The number of Topliss-reactive ketones (excluding diaryl/α,β-unsaturated/α-hetero) is 2. The van der Waals surface area contributed by atoms with Gasteiger partial charge in [-0.2, -0.15) is 0 Å². The molecule has 2 aliphatic rings. The lowest BCUT2D eigenvalue weighted by Crippen LogP contribution is -2.22. The van der Waals surface area contributed by atoms with Crippen LogP contribution in [0, 0.1) is 0 Å². The molecule has 0 saturated heterocycles. The molecule has 10 heteroatoms. The van der Waals surface area contributed by atoms with E-state index in [0.717, 1.165) is 113 Å². The van der Waals surface area contributed by atoms with E-state index in [-0.39, 0.29) is 36.0 Å². The van der Waals surface area contributed by atoms with Crippen LogP contribution in [0.2, 0.25) is 0 Å². The van der Waals surface area contributed by atoms with Gasteiger partial charge in [-0.05, 0) is 89.2 Å². The second-order valence-corrected chi connectivity index (χ2v) is 15.8. The summed E-state index contributed by atoms with van der Waals surface area (Å²) in [6.45, 7) is 7.90. The number of allylic oxidation sites excluding steroid dienone is 2. The molecule has 0 spiro atoms. The summed E-state index contributed by atoms with van der Waals surface area (Å²) in [6.07, 6.45) is 23.5. The molecule has 0 radical (unpaired) electrons. The number of hydrogen-bond acceptors (Lipinski definition) is 10. The molecule has 0 aliphatic heterocycles. The summed E-state index contributed by atoms with van der Waals surface area (Å²) in [5, 5.41) is 31.0. The average Bonchev–Trinajstić information content (AvgIpc) is 3.60. The molecule has 0 bridgehead atoms. The molecule has 4 unspecified atom stereocenters. The van der Waals surface area contributed by atoms with Crippen LogP contribution in [0.1, 0.15) is 169 Å². The zero-order valence-electron chi connectivity index (χ0n) is 35.2. The second-order valence-electron chi connectivity index (χ2n) is 15.8. The van der Waals surface area contributed by atoms with Crippen molar-refractivity contribution >= 4 is 23.5 Å². The number of esters is 2. The van der Waals surface area contributed by atoms with E-state index in [1.165, 1.54) is 14.2 Å². The first kappa shape index (κ1) is 50.1. The van der Waals surface area contributed by atoms with Crippen LogP contribution in [0.15, 0.2) is 46.6 Å². The Bertz CT molecular complexity index is 1300. The van der Waals surface area contributed by atoms with E-state index in [2.05, 4.69) is 23.3 Å².